The lowest BCUT2D eigenvalue weighted by molar-refractivity contribution is -0.166. The molecule has 1 aromatic heterocycles. The van der Waals surface area contributed by atoms with E-state index in [-0.39, 0.29) is 24.3 Å². The van der Waals surface area contributed by atoms with Gasteiger partial charge in [0.05, 0.1) is 12.8 Å². The number of carbonyl (C=O) groups is 2. The SMILES string of the molecule is CCc1ccc([C@H]2CN3C(=O)CN(Cc4cccc(OC)c4)C(=O)[C@]3(C)c3[nH]c4ccccc4c32)cc1. The first-order valence-corrected chi connectivity index (χ1v) is 12.9. The Labute approximate surface area is 216 Å². The van der Waals surface area contributed by atoms with E-state index in [0.29, 0.717) is 13.1 Å². The number of aryl methyl sites for hydroxylation is 1. The zero-order chi connectivity index (χ0) is 25.7. The molecule has 37 heavy (non-hydrogen) atoms. The van der Waals surface area contributed by atoms with Crippen LogP contribution in [-0.2, 0) is 28.1 Å². The van der Waals surface area contributed by atoms with Crippen molar-refractivity contribution in [2.24, 2.45) is 0 Å². The largest absolute Gasteiger partial charge is 0.497 e. The average Bonchev–Trinajstić information content (AvgIpc) is 3.33. The maximum absolute atomic E-state index is 14.2. The minimum atomic E-state index is -1.11. The molecule has 2 atom stereocenters. The van der Waals surface area contributed by atoms with Gasteiger partial charge in [0, 0.05) is 29.9 Å². The molecule has 1 saturated heterocycles. The van der Waals surface area contributed by atoms with Crippen molar-refractivity contribution in [3.05, 3.63) is 101 Å². The molecule has 0 bridgehead atoms. The van der Waals surface area contributed by atoms with Gasteiger partial charge < -0.3 is 19.5 Å². The normalized spacial score (nSPS) is 21.2. The first kappa shape index (κ1) is 23.3. The number of hydrogen-bond donors (Lipinski definition) is 1. The highest BCUT2D eigenvalue weighted by atomic mass is 16.5. The van der Waals surface area contributed by atoms with E-state index >= 15 is 0 Å². The Morgan fingerprint density at radius 3 is 2.54 bits per heavy atom. The third kappa shape index (κ3) is 3.62. The Hall–Kier alpha value is -4.06. The number of para-hydroxylation sites is 1. The van der Waals surface area contributed by atoms with Crippen LogP contribution in [0.3, 0.4) is 0 Å². The smallest absolute Gasteiger partial charge is 0.255 e. The topological polar surface area (TPSA) is 65.6 Å². The van der Waals surface area contributed by atoms with Crippen LogP contribution in [0.15, 0.2) is 72.8 Å². The van der Waals surface area contributed by atoms with Crippen LogP contribution >= 0.6 is 0 Å². The lowest BCUT2D eigenvalue weighted by Crippen LogP contribution is -2.67. The van der Waals surface area contributed by atoms with Gasteiger partial charge in [-0.25, -0.2) is 0 Å². The van der Waals surface area contributed by atoms with Crippen LogP contribution in [0.2, 0.25) is 0 Å². The number of rotatable bonds is 5. The maximum atomic E-state index is 14.2. The highest BCUT2D eigenvalue weighted by molar-refractivity contribution is 6.01. The lowest BCUT2D eigenvalue weighted by atomic mass is 9.76. The number of nitrogens with one attached hydrogen (secondary N) is 1. The minimum absolute atomic E-state index is 0.0215. The fourth-order valence-electron chi connectivity index (χ4n) is 6.08. The summed E-state index contributed by atoms with van der Waals surface area (Å²) in [6.45, 7) is 4.92. The summed E-state index contributed by atoms with van der Waals surface area (Å²) in [6.07, 6.45) is 0.976. The monoisotopic (exact) mass is 493 g/mol. The number of ether oxygens (including phenoxy) is 1. The summed E-state index contributed by atoms with van der Waals surface area (Å²) in [7, 11) is 1.62. The number of amides is 2. The number of aromatic nitrogens is 1. The van der Waals surface area contributed by atoms with Gasteiger partial charge in [-0.05, 0) is 53.8 Å². The predicted octanol–water partition coefficient (Wildman–Crippen LogP) is 4.97. The number of H-pyrrole nitrogens is 1. The molecule has 2 aliphatic rings. The molecule has 1 N–H and O–H groups in total. The summed E-state index contributed by atoms with van der Waals surface area (Å²) in [6, 6.07) is 24.5. The molecular formula is C31H31N3O3. The van der Waals surface area contributed by atoms with Crippen molar-refractivity contribution < 1.29 is 14.3 Å². The van der Waals surface area contributed by atoms with E-state index in [1.807, 2.05) is 49.4 Å². The molecule has 4 aromatic rings. The van der Waals surface area contributed by atoms with E-state index < -0.39 is 5.54 Å². The molecule has 3 aromatic carbocycles. The third-order valence-corrected chi connectivity index (χ3v) is 8.12. The number of benzene rings is 3. The summed E-state index contributed by atoms with van der Waals surface area (Å²) in [5, 5.41) is 1.10. The second-order valence-corrected chi connectivity index (χ2v) is 10.2. The summed E-state index contributed by atoms with van der Waals surface area (Å²) in [4.78, 5) is 35.0. The van der Waals surface area contributed by atoms with Gasteiger partial charge >= 0.3 is 0 Å². The number of hydrogen-bond acceptors (Lipinski definition) is 3. The molecule has 0 aliphatic carbocycles. The molecule has 1 fully saturated rings. The fraction of sp³-hybridized carbons (Fsp3) is 0.290. The summed E-state index contributed by atoms with van der Waals surface area (Å²) in [5.74, 6) is 0.604. The van der Waals surface area contributed by atoms with Gasteiger partial charge in [-0.2, -0.15) is 0 Å². The van der Waals surface area contributed by atoms with E-state index in [0.717, 1.165) is 45.5 Å². The number of fused-ring (bicyclic) bond motifs is 5. The molecule has 6 nitrogen and oxygen atoms in total. The second kappa shape index (κ2) is 8.80. The Morgan fingerprint density at radius 2 is 1.78 bits per heavy atom. The molecule has 6 heteroatoms. The van der Waals surface area contributed by atoms with Crippen LogP contribution in [-0.4, -0.2) is 46.8 Å². The van der Waals surface area contributed by atoms with Crippen molar-refractivity contribution in [3.63, 3.8) is 0 Å². The Balaban J connectivity index is 1.47. The van der Waals surface area contributed by atoms with Crippen LogP contribution < -0.4 is 4.74 Å². The fourth-order valence-corrected chi connectivity index (χ4v) is 6.08. The van der Waals surface area contributed by atoms with E-state index in [9.17, 15) is 9.59 Å². The van der Waals surface area contributed by atoms with Crippen molar-refractivity contribution in [1.82, 2.24) is 14.8 Å². The van der Waals surface area contributed by atoms with Crippen molar-refractivity contribution in [2.45, 2.75) is 38.3 Å². The second-order valence-electron chi connectivity index (χ2n) is 10.2. The highest BCUT2D eigenvalue weighted by Gasteiger charge is 2.56. The molecular weight excluding hydrogens is 462 g/mol. The number of nitrogens with zero attached hydrogens (tertiary/aromatic N) is 2. The van der Waals surface area contributed by atoms with Gasteiger partial charge in [-0.3, -0.25) is 9.59 Å². The quantitative estimate of drug-likeness (QED) is 0.427. The van der Waals surface area contributed by atoms with Crippen LogP contribution in [0.5, 0.6) is 5.75 Å². The van der Waals surface area contributed by atoms with Gasteiger partial charge in [-0.1, -0.05) is 61.5 Å². The molecule has 2 amide bonds. The molecule has 2 aliphatic heterocycles. The standard InChI is InChI=1S/C31H31N3O3/c1-4-20-12-14-22(15-13-20)25-18-34-27(35)19-33(17-21-8-7-9-23(16-21)37-3)30(36)31(34,2)29-28(25)24-10-5-6-11-26(24)32-29/h5-16,25,32H,4,17-19H2,1-3H3/t25-,31+/m1/s1. The van der Waals surface area contributed by atoms with E-state index in [2.05, 4.69) is 42.2 Å². The van der Waals surface area contributed by atoms with Gasteiger partial charge in [-0.15, -0.1) is 0 Å². The van der Waals surface area contributed by atoms with Gasteiger partial charge in [0.1, 0.15) is 12.3 Å². The number of aromatic amines is 1. The van der Waals surface area contributed by atoms with Gasteiger partial charge in [0.25, 0.3) is 5.91 Å². The zero-order valence-corrected chi connectivity index (χ0v) is 21.5. The highest BCUT2D eigenvalue weighted by Crippen LogP contribution is 2.48. The van der Waals surface area contributed by atoms with Crippen LogP contribution in [0, 0.1) is 0 Å². The number of carbonyl (C=O) groups excluding carboxylic acids is 2. The van der Waals surface area contributed by atoms with Crippen molar-refractivity contribution in [1.29, 1.82) is 0 Å². The Bertz CT molecular complexity index is 1510. The Kier molecular flexibility index (Phi) is 5.55. The average molecular weight is 494 g/mol. The first-order chi connectivity index (χ1) is 17.9. The van der Waals surface area contributed by atoms with E-state index in [4.69, 9.17) is 4.74 Å². The zero-order valence-electron chi connectivity index (χ0n) is 21.5. The van der Waals surface area contributed by atoms with E-state index in [1.165, 1.54) is 5.56 Å². The van der Waals surface area contributed by atoms with Crippen molar-refractivity contribution in [2.75, 3.05) is 20.2 Å². The summed E-state index contributed by atoms with van der Waals surface area (Å²) in [5.41, 5.74) is 5.17. The van der Waals surface area contributed by atoms with Gasteiger partial charge in [0.2, 0.25) is 5.91 Å². The van der Waals surface area contributed by atoms with Crippen LogP contribution in [0.25, 0.3) is 10.9 Å². The molecule has 0 unspecified atom stereocenters. The summed E-state index contributed by atoms with van der Waals surface area (Å²) >= 11 is 0. The number of piperazine rings is 1. The van der Waals surface area contributed by atoms with Crippen molar-refractivity contribution >= 4 is 22.7 Å². The molecule has 6 rings (SSSR count). The predicted molar refractivity (Wildman–Crippen MR) is 143 cm³/mol. The summed E-state index contributed by atoms with van der Waals surface area (Å²) < 4.78 is 5.36. The molecule has 188 valence electrons. The first-order valence-electron chi connectivity index (χ1n) is 12.9. The maximum Gasteiger partial charge on any atom is 0.255 e. The van der Waals surface area contributed by atoms with E-state index in [1.54, 1.807) is 16.9 Å². The molecule has 0 spiro atoms. The number of methoxy groups -OCH3 is 1. The third-order valence-electron chi connectivity index (χ3n) is 8.12. The Morgan fingerprint density at radius 1 is 1.00 bits per heavy atom. The molecule has 3 heterocycles. The molecule has 0 saturated carbocycles. The van der Waals surface area contributed by atoms with Gasteiger partial charge in [0.15, 0.2) is 5.54 Å². The minimum Gasteiger partial charge on any atom is -0.497 e. The lowest BCUT2D eigenvalue weighted by Gasteiger charge is -2.51. The van der Waals surface area contributed by atoms with Crippen molar-refractivity contribution in [3.8, 4) is 5.75 Å². The van der Waals surface area contributed by atoms with Crippen LogP contribution in [0.1, 0.15) is 47.7 Å². The molecule has 0 radical (unpaired) electrons. The van der Waals surface area contributed by atoms with Crippen LogP contribution in [0.4, 0.5) is 0 Å².